The number of carbonyl (C=O) groups is 2. The average Bonchev–Trinajstić information content (AvgIpc) is 2.94. The monoisotopic (exact) mass is 430 g/mol. The molecule has 1 aromatic carbocycles. The molecule has 0 saturated carbocycles. The number of nitrogens with zero attached hydrogens (tertiary/aromatic N) is 2. The molecule has 2 aliphatic rings. The predicted molar refractivity (Wildman–Crippen MR) is 100 cm³/mol. The van der Waals surface area contributed by atoms with Gasteiger partial charge in [-0.15, -0.1) is 0 Å². The predicted octanol–water partition coefficient (Wildman–Crippen LogP) is 0.717. The summed E-state index contributed by atoms with van der Waals surface area (Å²) in [5.74, 6) is -1.70. The average molecular weight is 431 g/mol. The van der Waals surface area contributed by atoms with E-state index in [1.54, 1.807) is 6.92 Å². The first kappa shape index (κ1) is 20.7. The van der Waals surface area contributed by atoms with E-state index in [0.717, 1.165) is 0 Å². The van der Waals surface area contributed by atoms with E-state index in [4.69, 9.17) is 4.74 Å². The van der Waals surface area contributed by atoms with Crippen LogP contribution in [0.25, 0.3) is 0 Å². The Hall–Kier alpha value is -1.98. The molecule has 0 aromatic heterocycles. The van der Waals surface area contributed by atoms with Crippen molar-refractivity contribution in [2.45, 2.75) is 31.1 Å². The number of sulfonamides is 2. The number of rotatable bonds is 5. The van der Waals surface area contributed by atoms with Crippen molar-refractivity contribution in [2.75, 3.05) is 29.8 Å². The lowest BCUT2D eigenvalue weighted by Crippen LogP contribution is -2.42. The number of ether oxygens (including phenoxy) is 1. The van der Waals surface area contributed by atoms with Crippen molar-refractivity contribution >= 4 is 37.6 Å². The molecule has 2 aliphatic heterocycles. The van der Waals surface area contributed by atoms with Crippen LogP contribution in [-0.4, -0.2) is 58.5 Å². The fourth-order valence-corrected chi connectivity index (χ4v) is 6.37. The summed E-state index contributed by atoms with van der Waals surface area (Å²) < 4.78 is 56.8. The number of amides is 1. The quantitative estimate of drug-likeness (QED) is 0.632. The lowest BCUT2D eigenvalue weighted by molar-refractivity contribution is -0.149. The van der Waals surface area contributed by atoms with Crippen LogP contribution in [0.2, 0.25) is 0 Å². The smallest absolute Gasteiger partial charge is 0.310 e. The highest BCUT2D eigenvalue weighted by Gasteiger charge is 2.37. The molecule has 154 valence electrons. The standard InChI is InChI=1S/C17H22N2O7S2/c1-2-26-17(21)13-4-3-10-18(12-13)28(24,25)15-7-5-14(6-8-15)19-16(20)9-11-27(19,22)23/h5-8,13H,2-4,9-12H2,1H3/t13-/m0/s1. The molecule has 0 radical (unpaired) electrons. The summed E-state index contributed by atoms with van der Waals surface area (Å²) in [6.07, 6.45) is 1.02. The number of benzene rings is 1. The molecule has 1 aromatic rings. The van der Waals surface area contributed by atoms with Gasteiger partial charge >= 0.3 is 5.97 Å². The zero-order chi connectivity index (χ0) is 20.5. The highest BCUT2D eigenvalue weighted by Crippen LogP contribution is 2.29. The van der Waals surface area contributed by atoms with Gasteiger partial charge in [0.25, 0.3) is 0 Å². The van der Waals surface area contributed by atoms with Crippen LogP contribution in [0.1, 0.15) is 26.2 Å². The van der Waals surface area contributed by atoms with E-state index in [1.807, 2.05) is 0 Å². The summed E-state index contributed by atoms with van der Waals surface area (Å²) >= 11 is 0. The highest BCUT2D eigenvalue weighted by molar-refractivity contribution is 7.94. The van der Waals surface area contributed by atoms with Crippen LogP contribution in [0.3, 0.4) is 0 Å². The summed E-state index contributed by atoms with van der Waals surface area (Å²) in [7, 11) is -7.56. The first-order valence-electron chi connectivity index (χ1n) is 8.99. The van der Waals surface area contributed by atoms with Crippen molar-refractivity contribution in [3.8, 4) is 0 Å². The first-order valence-corrected chi connectivity index (χ1v) is 12.0. The van der Waals surface area contributed by atoms with Gasteiger partial charge in [0.15, 0.2) is 0 Å². The van der Waals surface area contributed by atoms with Gasteiger partial charge in [-0.1, -0.05) is 0 Å². The van der Waals surface area contributed by atoms with Crippen LogP contribution < -0.4 is 4.31 Å². The van der Waals surface area contributed by atoms with E-state index < -0.39 is 37.8 Å². The summed E-state index contributed by atoms with van der Waals surface area (Å²) in [4.78, 5) is 23.8. The number of esters is 1. The van der Waals surface area contributed by atoms with Crippen LogP contribution in [0.5, 0.6) is 0 Å². The molecule has 0 bridgehead atoms. The van der Waals surface area contributed by atoms with E-state index >= 15 is 0 Å². The molecule has 1 atom stereocenters. The Kier molecular flexibility index (Phi) is 5.78. The number of piperidine rings is 1. The molecule has 11 heteroatoms. The molecular formula is C17H22N2O7S2. The number of hydrogen-bond donors (Lipinski definition) is 0. The van der Waals surface area contributed by atoms with E-state index in [1.165, 1.54) is 28.6 Å². The van der Waals surface area contributed by atoms with E-state index in [9.17, 15) is 26.4 Å². The third kappa shape index (κ3) is 3.91. The van der Waals surface area contributed by atoms with Crippen LogP contribution in [0.4, 0.5) is 5.69 Å². The first-order chi connectivity index (χ1) is 13.2. The molecule has 2 fully saturated rings. The molecule has 2 heterocycles. The van der Waals surface area contributed by atoms with Crippen molar-refractivity contribution < 1.29 is 31.2 Å². The molecule has 0 N–H and O–H groups in total. The van der Waals surface area contributed by atoms with Crippen molar-refractivity contribution in [1.29, 1.82) is 0 Å². The molecule has 0 aliphatic carbocycles. The Balaban J connectivity index is 1.81. The van der Waals surface area contributed by atoms with Gasteiger partial charge in [-0.25, -0.2) is 21.1 Å². The third-order valence-corrected chi connectivity index (χ3v) is 8.36. The molecule has 1 amide bonds. The Labute approximate surface area is 164 Å². The Morgan fingerprint density at radius 1 is 1.25 bits per heavy atom. The normalized spacial score (nSPS) is 23.0. The zero-order valence-electron chi connectivity index (χ0n) is 15.4. The lowest BCUT2D eigenvalue weighted by Gasteiger charge is -2.30. The van der Waals surface area contributed by atoms with Gasteiger partial charge in [0.2, 0.25) is 26.0 Å². The Morgan fingerprint density at radius 2 is 1.93 bits per heavy atom. The highest BCUT2D eigenvalue weighted by atomic mass is 32.2. The minimum absolute atomic E-state index is 0.0233. The van der Waals surface area contributed by atoms with Gasteiger partial charge < -0.3 is 4.74 Å². The third-order valence-electron chi connectivity index (χ3n) is 4.79. The summed E-state index contributed by atoms with van der Waals surface area (Å²) in [5, 5.41) is 0. The fraction of sp³-hybridized carbons (Fsp3) is 0.529. The molecule has 0 spiro atoms. The van der Waals surface area contributed by atoms with Crippen molar-refractivity contribution in [2.24, 2.45) is 5.92 Å². The van der Waals surface area contributed by atoms with Crippen LogP contribution in [0, 0.1) is 5.92 Å². The van der Waals surface area contributed by atoms with Gasteiger partial charge in [0, 0.05) is 19.5 Å². The van der Waals surface area contributed by atoms with Gasteiger partial charge in [-0.05, 0) is 44.0 Å². The van der Waals surface area contributed by atoms with E-state index in [0.29, 0.717) is 23.7 Å². The Morgan fingerprint density at radius 3 is 2.50 bits per heavy atom. The second kappa shape index (κ2) is 7.80. The lowest BCUT2D eigenvalue weighted by atomic mass is 10.0. The maximum absolute atomic E-state index is 12.9. The van der Waals surface area contributed by atoms with Crippen LogP contribution in [0.15, 0.2) is 29.2 Å². The van der Waals surface area contributed by atoms with Gasteiger partial charge in [-0.2, -0.15) is 4.31 Å². The SMILES string of the molecule is CCOC(=O)[C@H]1CCCN(S(=O)(=O)c2ccc(N3C(=O)CCS3(=O)=O)cc2)C1. The van der Waals surface area contributed by atoms with Crippen molar-refractivity contribution in [3.63, 3.8) is 0 Å². The van der Waals surface area contributed by atoms with Crippen molar-refractivity contribution in [3.05, 3.63) is 24.3 Å². The number of carbonyl (C=O) groups excluding carboxylic acids is 2. The fourth-order valence-electron chi connectivity index (χ4n) is 3.38. The molecule has 3 rings (SSSR count). The van der Waals surface area contributed by atoms with Crippen molar-refractivity contribution in [1.82, 2.24) is 4.31 Å². The topological polar surface area (TPSA) is 118 Å². The summed E-state index contributed by atoms with van der Waals surface area (Å²) in [6, 6.07) is 5.17. The second-order valence-corrected chi connectivity index (χ2v) is 10.5. The molecular weight excluding hydrogens is 408 g/mol. The number of anilines is 1. The Bertz CT molecular complexity index is 971. The van der Waals surface area contributed by atoms with Crippen LogP contribution >= 0.6 is 0 Å². The maximum Gasteiger partial charge on any atom is 0.310 e. The van der Waals surface area contributed by atoms with Gasteiger partial charge in [-0.3, -0.25) is 9.59 Å². The minimum atomic E-state index is -3.85. The van der Waals surface area contributed by atoms with E-state index in [-0.39, 0.29) is 35.9 Å². The zero-order valence-corrected chi connectivity index (χ0v) is 17.0. The molecule has 9 nitrogen and oxygen atoms in total. The molecule has 28 heavy (non-hydrogen) atoms. The number of hydrogen-bond acceptors (Lipinski definition) is 7. The largest absolute Gasteiger partial charge is 0.466 e. The summed E-state index contributed by atoms with van der Waals surface area (Å²) in [6.45, 7) is 2.27. The van der Waals surface area contributed by atoms with Gasteiger partial charge in [0.05, 0.1) is 28.9 Å². The molecule has 0 unspecified atom stereocenters. The second-order valence-electron chi connectivity index (χ2n) is 6.67. The van der Waals surface area contributed by atoms with Gasteiger partial charge in [0.1, 0.15) is 0 Å². The maximum atomic E-state index is 12.9. The minimum Gasteiger partial charge on any atom is -0.466 e. The van der Waals surface area contributed by atoms with E-state index in [2.05, 4.69) is 0 Å². The molecule has 2 saturated heterocycles. The van der Waals surface area contributed by atoms with Crippen LogP contribution in [-0.2, 0) is 34.4 Å². The summed E-state index contributed by atoms with van der Waals surface area (Å²) in [5.41, 5.74) is 0.115.